The van der Waals surface area contributed by atoms with Gasteiger partial charge in [0, 0.05) is 31.5 Å². The van der Waals surface area contributed by atoms with Gasteiger partial charge in [0.1, 0.15) is 0 Å². The van der Waals surface area contributed by atoms with Crippen molar-refractivity contribution in [2.45, 2.75) is 19.3 Å². The van der Waals surface area contributed by atoms with Gasteiger partial charge in [-0.15, -0.1) is 0 Å². The van der Waals surface area contributed by atoms with E-state index < -0.39 is 0 Å². The Morgan fingerprint density at radius 1 is 1.57 bits per heavy atom. The fourth-order valence-electron chi connectivity index (χ4n) is 0.863. The van der Waals surface area contributed by atoms with Crippen molar-refractivity contribution in [3.63, 3.8) is 0 Å². The highest BCUT2D eigenvalue weighted by Crippen LogP contribution is 1.89. The number of nitrogens with one attached hydrogen (secondary N) is 1. The molecule has 0 aliphatic carbocycles. The normalized spacial score (nSPS) is 9.21. The average Bonchev–Trinajstić information content (AvgIpc) is 2.20. The molecule has 0 saturated carbocycles. The molecule has 6 heteroatoms. The minimum absolute atomic E-state index is 0.00404. The van der Waals surface area contributed by atoms with Crippen LogP contribution in [0.3, 0.4) is 0 Å². The molecule has 0 aromatic heterocycles. The van der Waals surface area contributed by atoms with Gasteiger partial charge in [0.2, 0.25) is 5.91 Å². The van der Waals surface area contributed by atoms with E-state index in [-0.39, 0.29) is 5.91 Å². The van der Waals surface area contributed by atoms with Crippen LogP contribution < -0.4 is 5.32 Å². The molecule has 80 valence electrons. The number of nitrogens with zero attached hydrogens (tertiary/aromatic N) is 3. The Bertz CT molecular complexity index is 202. The lowest BCUT2D eigenvalue weighted by Gasteiger charge is -2.03. The molecule has 0 aliphatic heterocycles. The SMILES string of the molecule is COCCC(=O)NCCCCN=[N+]=[N-]. The molecule has 0 aliphatic rings. The van der Waals surface area contributed by atoms with E-state index in [4.69, 9.17) is 10.3 Å². The third kappa shape index (κ3) is 8.83. The van der Waals surface area contributed by atoms with Crippen molar-refractivity contribution in [1.29, 1.82) is 0 Å². The van der Waals surface area contributed by atoms with Crippen LogP contribution in [0.5, 0.6) is 0 Å². The lowest BCUT2D eigenvalue weighted by molar-refractivity contribution is -0.121. The van der Waals surface area contributed by atoms with Crippen molar-refractivity contribution in [3.8, 4) is 0 Å². The summed E-state index contributed by atoms with van der Waals surface area (Å²) in [5.74, 6) is -0.00404. The van der Waals surface area contributed by atoms with Gasteiger partial charge in [-0.2, -0.15) is 0 Å². The van der Waals surface area contributed by atoms with Crippen LogP contribution in [-0.4, -0.2) is 32.7 Å². The van der Waals surface area contributed by atoms with E-state index >= 15 is 0 Å². The van der Waals surface area contributed by atoms with Crippen LogP contribution in [0.4, 0.5) is 0 Å². The quantitative estimate of drug-likeness (QED) is 0.276. The summed E-state index contributed by atoms with van der Waals surface area (Å²) < 4.78 is 4.76. The molecule has 0 rings (SSSR count). The number of amides is 1. The van der Waals surface area contributed by atoms with Crippen LogP contribution in [0, 0.1) is 0 Å². The minimum atomic E-state index is -0.00404. The van der Waals surface area contributed by atoms with Gasteiger partial charge in [-0.1, -0.05) is 5.11 Å². The summed E-state index contributed by atoms with van der Waals surface area (Å²) in [6.45, 7) is 1.57. The van der Waals surface area contributed by atoms with Crippen molar-refractivity contribution < 1.29 is 9.53 Å². The summed E-state index contributed by atoms with van der Waals surface area (Å²) in [6.07, 6.45) is 2.03. The fraction of sp³-hybridized carbons (Fsp3) is 0.875. The first-order chi connectivity index (χ1) is 6.81. The van der Waals surface area contributed by atoms with Crippen molar-refractivity contribution in [2.24, 2.45) is 5.11 Å². The molecular weight excluding hydrogens is 184 g/mol. The van der Waals surface area contributed by atoms with Gasteiger partial charge in [-0.05, 0) is 18.4 Å². The molecular formula is C8H16N4O2. The van der Waals surface area contributed by atoms with E-state index in [1.807, 2.05) is 0 Å². The van der Waals surface area contributed by atoms with Crippen LogP contribution >= 0.6 is 0 Å². The smallest absolute Gasteiger partial charge is 0.222 e. The average molecular weight is 200 g/mol. The molecule has 6 nitrogen and oxygen atoms in total. The molecule has 0 radical (unpaired) electrons. The zero-order chi connectivity index (χ0) is 10.6. The third-order valence-corrected chi connectivity index (χ3v) is 1.60. The summed E-state index contributed by atoms with van der Waals surface area (Å²) >= 11 is 0. The Balaban J connectivity index is 3.18. The Morgan fingerprint density at radius 2 is 2.36 bits per heavy atom. The number of ether oxygens (including phenoxy) is 1. The molecule has 0 bridgehead atoms. The van der Waals surface area contributed by atoms with E-state index in [0.717, 1.165) is 12.8 Å². The van der Waals surface area contributed by atoms with E-state index in [0.29, 0.717) is 26.1 Å². The van der Waals surface area contributed by atoms with Crippen LogP contribution in [0.25, 0.3) is 10.4 Å². The van der Waals surface area contributed by atoms with E-state index in [1.165, 1.54) is 0 Å². The molecule has 1 N–H and O–H groups in total. The van der Waals surface area contributed by atoms with Gasteiger partial charge in [0.05, 0.1) is 6.61 Å². The number of rotatable bonds is 8. The molecule has 0 fully saturated rings. The first-order valence-electron chi connectivity index (χ1n) is 4.57. The maximum Gasteiger partial charge on any atom is 0.222 e. The van der Waals surface area contributed by atoms with E-state index in [2.05, 4.69) is 15.3 Å². The van der Waals surface area contributed by atoms with Gasteiger partial charge < -0.3 is 10.1 Å². The number of azide groups is 1. The topological polar surface area (TPSA) is 87.1 Å². The molecule has 0 unspecified atom stereocenters. The number of unbranched alkanes of at least 4 members (excludes halogenated alkanes) is 1. The van der Waals surface area contributed by atoms with Crippen molar-refractivity contribution in [3.05, 3.63) is 10.4 Å². The van der Waals surface area contributed by atoms with Crippen LogP contribution in [-0.2, 0) is 9.53 Å². The summed E-state index contributed by atoms with van der Waals surface area (Å²) in [6, 6.07) is 0. The largest absolute Gasteiger partial charge is 0.384 e. The fourth-order valence-corrected chi connectivity index (χ4v) is 0.863. The summed E-state index contributed by atoms with van der Waals surface area (Å²) in [5.41, 5.74) is 7.98. The zero-order valence-corrected chi connectivity index (χ0v) is 8.40. The van der Waals surface area contributed by atoms with Crippen LogP contribution in [0.2, 0.25) is 0 Å². The van der Waals surface area contributed by atoms with Gasteiger partial charge in [-0.25, -0.2) is 0 Å². The summed E-state index contributed by atoms with van der Waals surface area (Å²) in [4.78, 5) is 13.6. The van der Waals surface area contributed by atoms with Crippen LogP contribution in [0.1, 0.15) is 19.3 Å². The molecule has 14 heavy (non-hydrogen) atoms. The number of hydrogen-bond acceptors (Lipinski definition) is 3. The Hall–Kier alpha value is -1.26. The van der Waals surface area contributed by atoms with Gasteiger partial charge in [0.25, 0.3) is 0 Å². The van der Waals surface area contributed by atoms with E-state index in [9.17, 15) is 4.79 Å². The Labute approximate surface area is 83.3 Å². The maximum absolute atomic E-state index is 11.0. The van der Waals surface area contributed by atoms with Crippen molar-refractivity contribution in [2.75, 3.05) is 26.8 Å². The number of carbonyl (C=O) groups excluding carboxylic acids is 1. The first kappa shape index (κ1) is 12.7. The number of hydrogen-bond donors (Lipinski definition) is 1. The molecule has 1 amide bonds. The molecule has 0 spiro atoms. The second-order valence-electron chi connectivity index (χ2n) is 2.75. The minimum Gasteiger partial charge on any atom is -0.384 e. The number of methoxy groups -OCH3 is 1. The maximum atomic E-state index is 11.0. The Kier molecular flexibility index (Phi) is 8.94. The predicted octanol–water partition coefficient (Wildman–Crippen LogP) is 1.23. The Morgan fingerprint density at radius 3 is 3.00 bits per heavy atom. The summed E-state index contributed by atoms with van der Waals surface area (Å²) in [5, 5.41) is 6.13. The molecule has 0 heterocycles. The van der Waals surface area contributed by atoms with Crippen molar-refractivity contribution >= 4 is 5.91 Å². The van der Waals surface area contributed by atoms with Gasteiger partial charge in [-0.3, -0.25) is 4.79 Å². The zero-order valence-electron chi connectivity index (χ0n) is 8.40. The van der Waals surface area contributed by atoms with Crippen LogP contribution in [0.15, 0.2) is 5.11 Å². The first-order valence-corrected chi connectivity index (χ1v) is 4.57. The molecule has 0 atom stereocenters. The summed E-state index contributed by atoms with van der Waals surface area (Å²) in [7, 11) is 1.56. The standard InChI is InChI=1S/C8H16N4O2/c1-14-7-4-8(13)10-5-2-3-6-11-12-9/h2-7H2,1H3,(H,10,13). The third-order valence-electron chi connectivity index (χ3n) is 1.60. The molecule has 0 aromatic rings. The highest BCUT2D eigenvalue weighted by Gasteiger charge is 1.98. The van der Waals surface area contributed by atoms with Gasteiger partial charge in [0.15, 0.2) is 0 Å². The monoisotopic (exact) mass is 200 g/mol. The van der Waals surface area contributed by atoms with E-state index in [1.54, 1.807) is 7.11 Å². The highest BCUT2D eigenvalue weighted by atomic mass is 16.5. The molecule has 0 saturated heterocycles. The van der Waals surface area contributed by atoms with Gasteiger partial charge >= 0.3 is 0 Å². The number of carbonyl (C=O) groups is 1. The van der Waals surface area contributed by atoms with Crippen molar-refractivity contribution in [1.82, 2.24) is 5.32 Å². The predicted molar refractivity (Wildman–Crippen MR) is 52.7 cm³/mol. The highest BCUT2D eigenvalue weighted by molar-refractivity contribution is 5.75. The molecule has 0 aromatic carbocycles. The lowest BCUT2D eigenvalue weighted by Crippen LogP contribution is -2.25. The second-order valence-corrected chi connectivity index (χ2v) is 2.75. The lowest BCUT2D eigenvalue weighted by atomic mass is 10.3. The second kappa shape index (κ2) is 9.83.